The highest BCUT2D eigenvalue weighted by atomic mass is 35.5. The zero-order valence-electron chi connectivity index (χ0n) is 20.7. The Bertz CT molecular complexity index is 1160. The van der Waals surface area contributed by atoms with Gasteiger partial charge in [-0.25, -0.2) is 9.97 Å². The number of hydrogen-bond acceptors (Lipinski definition) is 9. The number of aromatic nitrogens is 3. The lowest BCUT2D eigenvalue weighted by Crippen LogP contribution is -2.40. The summed E-state index contributed by atoms with van der Waals surface area (Å²) in [5, 5.41) is 21.1. The van der Waals surface area contributed by atoms with Gasteiger partial charge in [-0.05, 0) is 58.9 Å². The molecule has 1 saturated carbocycles. The van der Waals surface area contributed by atoms with Gasteiger partial charge in [0.05, 0.1) is 28.1 Å². The average Bonchev–Trinajstić information content (AvgIpc) is 3.14. The number of benzene rings is 1. The lowest BCUT2D eigenvalue weighted by molar-refractivity contribution is 0.0328. The zero-order valence-corrected chi connectivity index (χ0v) is 21.4. The van der Waals surface area contributed by atoms with E-state index in [0.29, 0.717) is 34.5 Å². The average molecular weight is 502 g/mol. The number of halogens is 1. The predicted molar refractivity (Wildman–Crippen MR) is 135 cm³/mol. The highest BCUT2D eigenvalue weighted by Crippen LogP contribution is 2.37. The highest BCUT2D eigenvalue weighted by molar-refractivity contribution is 6.33. The van der Waals surface area contributed by atoms with Crippen molar-refractivity contribution in [3.05, 3.63) is 40.2 Å². The Hall–Kier alpha value is -2.72. The van der Waals surface area contributed by atoms with E-state index in [1.54, 1.807) is 32.4 Å². The van der Waals surface area contributed by atoms with E-state index >= 15 is 0 Å². The summed E-state index contributed by atoms with van der Waals surface area (Å²) in [4.78, 5) is 9.76. The molecule has 2 aromatic heterocycles. The first kappa shape index (κ1) is 25.4. The number of aliphatic hydroxyl groups is 1. The smallest absolute Gasteiger partial charge is 0.163 e. The summed E-state index contributed by atoms with van der Waals surface area (Å²) in [6, 6.07) is 5.57. The summed E-state index contributed by atoms with van der Waals surface area (Å²) < 4.78 is 16.6. The summed E-state index contributed by atoms with van der Waals surface area (Å²) in [6.45, 7) is 6.34. The molecular weight excluding hydrogens is 470 g/mol. The van der Waals surface area contributed by atoms with Crippen molar-refractivity contribution in [2.45, 2.75) is 51.9 Å². The number of aryl methyl sites for hydroxylation is 2. The maximum absolute atomic E-state index is 9.99. The molecule has 0 amide bonds. The number of ether oxygens (including phenoxy) is 2. The van der Waals surface area contributed by atoms with Gasteiger partial charge in [0.2, 0.25) is 0 Å². The van der Waals surface area contributed by atoms with Gasteiger partial charge in [0, 0.05) is 30.8 Å². The lowest BCUT2D eigenvalue weighted by Gasteiger charge is -2.35. The van der Waals surface area contributed by atoms with Crippen LogP contribution in [0, 0.1) is 20.8 Å². The molecule has 0 spiro atoms. The Morgan fingerprint density at radius 2 is 2.00 bits per heavy atom. The molecule has 1 aliphatic rings. The van der Waals surface area contributed by atoms with Crippen LogP contribution in [-0.4, -0.2) is 65.8 Å². The molecule has 4 rings (SSSR count). The van der Waals surface area contributed by atoms with Crippen LogP contribution in [0.5, 0.6) is 5.75 Å². The normalized spacial score (nSPS) is 18.3. The molecule has 2 heterocycles. The number of methoxy groups -OCH3 is 1. The first-order chi connectivity index (χ1) is 16.8. The van der Waals surface area contributed by atoms with Crippen molar-refractivity contribution >= 4 is 17.4 Å². The molecule has 1 aliphatic carbocycles. The van der Waals surface area contributed by atoms with E-state index in [0.717, 1.165) is 41.2 Å². The van der Waals surface area contributed by atoms with Crippen LogP contribution in [-0.2, 0) is 4.74 Å². The van der Waals surface area contributed by atoms with Crippen molar-refractivity contribution in [2.75, 3.05) is 32.6 Å². The summed E-state index contributed by atoms with van der Waals surface area (Å²) in [5.41, 5.74) is 3.87. The van der Waals surface area contributed by atoms with Crippen molar-refractivity contribution in [3.63, 3.8) is 0 Å². The second kappa shape index (κ2) is 10.9. The second-order valence-electron chi connectivity index (χ2n) is 8.90. The van der Waals surface area contributed by atoms with E-state index in [9.17, 15) is 5.11 Å². The number of anilines is 1. The quantitative estimate of drug-likeness (QED) is 0.380. The first-order valence-corrected chi connectivity index (χ1v) is 12.0. The fraction of sp³-hybridized carbons (Fsp3) is 0.480. The Kier molecular flexibility index (Phi) is 7.91. The van der Waals surface area contributed by atoms with Gasteiger partial charge in [-0.15, -0.1) is 0 Å². The van der Waals surface area contributed by atoms with Crippen molar-refractivity contribution in [3.8, 4) is 28.4 Å². The van der Waals surface area contributed by atoms with Crippen LogP contribution in [0.15, 0.2) is 22.7 Å². The maximum atomic E-state index is 9.99. The Labute approximate surface area is 210 Å². The minimum atomic E-state index is -0.630. The van der Waals surface area contributed by atoms with E-state index in [2.05, 4.69) is 15.8 Å². The monoisotopic (exact) mass is 501 g/mol. The first-order valence-electron chi connectivity index (χ1n) is 11.7. The third kappa shape index (κ3) is 5.59. The SMILES string of the molecule is CNC[C@H](O)COc1ccc(Cl)c(-c2nc(N[C@H]3C[C@@H](OC)C3)c(C)c(-c3c(C)noc3C)n2)c1. The fourth-order valence-electron chi connectivity index (χ4n) is 4.16. The van der Waals surface area contributed by atoms with Gasteiger partial charge in [0.15, 0.2) is 5.82 Å². The van der Waals surface area contributed by atoms with Crippen molar-refractivity contribution in [1.29, 1.82) is 0 Å². The molecule has 35 heavy (non-hydrogen) atoms. The molecule has 1 fully saturated rings. The molecule has 3 N–H and O–H groups in total. The highest BCUT2D eigenvalue weighted by Gasteiger charge is 2.30. The van der Waals surface area contributed by atoms with Crippen LogP contribution < -0.4 is 15.4 Å². The number of nitrogens with one attached hydrogen (secondary N) is 2. The number of aliphatic hydroxyl groups excluding tert-OH is 1. The van der Waals surface area contributed by atoms with E-state index in [1.807, 2.05) is 20.8 Å². The molecule has 1 aromatic carbocycles. The Morgan fingerprint density at radius 1 is 1.23 bits per heavy atom. The summed E-state index contributed by atoms with van der Waals surface area (Å²) >= 11 is 6.59. The van der Waals surface area contributed by atoms with Gasteiger partial charge in [-0.2, -0.15) is 0 Å². The molecule has 10 heteroatoms. The number of hydrogen-bond donors (Lipinski definition) is 3. The molecule has 1 atom stereocenters. The Balaban J connectivity index is 1.73. The lowest BCUT2D eigenvalue weighted by atomic mass is 9.89. The fourth-order valence-corrected chi connectivity index (χ4v) is 4.37. The van der Waals surface area contributed by atoms with E-state index in [1.165, 1.54) is 0 Å². The summed E-state index contributed by atoms with van der Waals surface area (Å²) in [7, 11) is 3.51. The van der Waals surface area contributed by atoms with Crippen LogP contribution in [0.2, 0.25) is 5.02 Å². The van der Waals surface area contributed by atoms with Gasteiger partial charge in [0.25, 0.3) is 0 Å². The molecule has 188 valence electrons. The minimum Gasteiger partial charge on any atom is -0.491 e. The number of rotatable bonds is 10. The van der Waals surface area contributed by atoms with Crippen molar-refractivity contribution in [1.82, 2.24) is 20.4 Å². The van der Waals surface area contributed by atoms with Gasteiger partial charge in [-0.3, -0.25) is 0 Å². The van der Waals surface area contributed by atoms with Crippen molar-refractivity contribution in [2.24, 2.45) is 0 Å². The Morgan fingerprint density at radius 3 is 2.66 bits per heavy atom. The topological polar surface area (TPSA) is 115 Å². The van der Waals surface area contributed by atoms with Gasteiger partial charge >= 0.3 is 0 Å². The third-order valence-corrected chi connectivity index (χ3v) is 6.58. The van der Waals surface area contributed by atoms with Crippen LogP contribution >= 0.6 is 11.6 Å². The van der Waals surface area contributed by atoms with Crippen LogP contribution in [0.4, 0.5) is 5.82 Å². The van der Waals surface area contributed by atoms with Crippen LogP contribution in [0.25, 0.3) is 22.6 Å². The molecule has 0 bridgehead atoms. The van der Waals surface area contributed by atoms with E-state index in [4.69, 9.17) is 35.6 Å². The molecular formula is C25H32ClN5O4. The molecule has 0 radical (unpaired) electrons. The van der Waals surface area contributed by atoms with Crippen LogP contribution in [0.3, 0.4) is 0 Å². The van der Waals surface area contributed by atoms with Gasteiger partial charge in [0.1, 0.15) is 30.0 Å². The summed E-state index contributed by atoms with van der Waals surface area (Å²) in [5.74, 6) is 2.45. The van der Waals surface area contributed by atoms with Crippen molar-refractivity contribution < 1.29 is 19.1 Å². The zero-order chi connectivity index (χ0) is 25.1. The van der Waals surface area contributed by atoms with Gasteiger partial charge in [-0.1, -0.05) is 16.8 Å². The molecule has 0 unspecified atom stereocenters. The maximum Gasteiger partial charge on any atom is 0.163 e. The standard InChI is InChI=1S/C25H32ClN5O4/c1-13-23(22-14(2)31-35-15(22)3)29-25(30-24(13)28-16-8-19(9-16)33-5)20-10-18(6-7-21(20)26)34-12-17(32)11-27-4/h6-7,10,16-17,19,27,32H,8-9,11-12H2,1-5H3,(H,28,29,30)/t16-,17-,19+/m0/s1. The second-order valence-corrected chi connectivity index (χ2v) is 9.31. The molecule has 0 aliphatic heterocycles. The van der Waals surface area contributed by atoms with E-state index < -0.39 is 6.10 Å². The molecule has 0 saturated heterocycles. The minimum absolute atomic E-state index is 0.149. The van der Waals surface area contributed by atoms with Gasteiger partial charge < -0.3 is 29.7 Å². The number of likely N-dealkylation sites (N-methyl/N-ethyl adjacent to an activating group) is 1. The third-order valence-electron chi connectivity index (χ3n) is 6.25. The van der Waals surface area contributed by atoms with Crippen LogP contribution in [0.1, 0.15) is 29.9 Å². The summed E-state index contributed by atoms with van der Waals surface area (Å²) in [6.07, 6.45) is 1.46. The largest absolute Gasteiger partial charge is 0.491 e. The molecule has 3 aromatic rings. The predicted octanol–water partition coefficient (Wildman–Crippen LogP) is 3.93. The van der Waals surface area contributed by atoms with E-state index in [-0.39, 0.29) is 18.8 Å². The molecule has 9 nitrogen and oxygen atoms in total. The number of nitrogens with zero attached hydrogens (tertiary/aromatic N) is 3.